The van der Waals surface area contributed by atoms with Gasteiger partial charge in [0.25, 0.3) is 0 Å². The summed E-state index contributed by atoms with van der Waals surface area (Å²) in [5.74, 6) is 0. The Kier molecular flexibility index (Phi) is 5.74. The molecule has 3 rings (SSSR count). The summed E-state index contributed by atoms with van der Waals surface area (Å²) in [5, 5.41) is 0. The van der Waals surface area contributed by atoms with Crippen molar-refractivity contribution in [2.75, 3.05) is 11.4 Å². The van der Waals surface area contributed by atoms with Gasteiger partial charge in [-0.1, -0.05) is 69.0 Å². The standard InChI is InChI=1S/C22H29N/c1-2-3-4-5-6-9-19-12-14-22(15-13-19)23-17-16-20-10-7-8-11-21(20)18-23/h7-8,10-15H,2-6,9,16-18H2,1H3. The number of nitrogens with zero attached hydrogens (tertiary/aromatic N) is 1. The molecule has 1 aliphatic rings. The SMILES string of the molecule is CCCCCCCc1ccc(N2CCc3ccccc3C2)cc1. The van der Waals surface area contributed by atoms with E-state index in [1.54, 1.807) is 0 Å². The molecule has 0 fully saturated rings. The summed E-state index contributed by atoms with van der Waals surface area (Å²) in [4.78, 5) is 2.51. The van der Waals surface area contributed by atoms with Crippen LogP contribution in [0.2, 0.25) is 0 Å². The van der Waals surface area contributed by atoms with Gasteiger partial charge in [-0.15, -0.1) is 0 Å². The number of benzene rings is 2. The van der Waals surface area contributed by atoms with Crippen LogP contribution in [0.3, 0.4) is 0 Å². The number of rotatable bonds is 7. The zero-order chi connectivity index (χ0) is 15.9. The smallest absolute Gasteiger partial charge is 0.0432 e. The van der Waals surface area contributed by atoms with Gasteiger partial charge in [0.2, 0.25) is 0 Å². The van der Waals surface area contributed by atoms with Gasteiger partial charge >= 0.3 is 0 Å². The van der Waals surface area contributed by atoms with Crippen LogP contribution in [0.4, 0.5) is 5.69 Å². The lowest BCUT2D eigenvalue weighted by atomic mass is 9.99. The van der Waals surface area contributed by atoms with Crippen molar-refractivity contribution in [3.8, 4) is 0 Å². The molecule has 0 atom stereocenters. The molecule has 23 heavy (non-hydrogen) atoms. The molecular formula is C22H29N. The minimum atomic E-state index is 1.05. The minimum Gasteiger partial charge on any atom is -0.367 e. The van der Waals surface area contributed by atoms with E-state index in [4.69, 9.17) is 0 Å². The molecule has 2 aromatic carbocycles. The van der Waals surface area contributed by atoms with Crippen LogP contribution >= 0.6 is 0 Å². The summed E-state index contributed by atoms with van der Waals surface area (Å²) in [7, 11) is 0. The van der Waals surface area contributed by atoms with E-state index in [1.807, 2.05) is 0 Å². The second-order valence-electron chi connectivity index (χ2n) is 6.77. The Morgan fingerprint density at radius 3 is 2.35 bits per heavy atom. The molecule has 0 bridgehead atoms. The lowest BCUT2D eigenvalue weighted by molar-refractivity contribution is 0.632. The predicted octanol–water partition coefficient (Wildman–Crippen LogP) is 5.76. The summed E-state index contributed by atoms with van der Waals surface area (Å²) in [6, 6.07) is 18.1. The van der Waals surface area contributed by atoms with Crippen molar-refractivity contribution in [2.24, 2.45) is 0 Å². The highest BCUT2D eigenvalue weighted by Gasteiger charge is 2.15. The van der Waals surface area contributed by atoms with Gasteiger partial charge in [-0.05, 0) is 48.1 Å². The van der Waals surface area contributed by atoms with E-state index < -0.39 is 0 Å². The first-order valence-corrected chi connectivity index (χ1v) is 9.27. The Morgan fingerprint density at radius 2 is 1.57 bits per heavy atom. The van der Waals surface area contributed by atoms with Crippen molar-refractivity contribution >= 4 is 5.69 Å². The zero-order valence-corrected chi connectivity index (χ0v) is 14.4. The maximum Gasteiger partial charge on any atom is 0.0432 e. The van der Waals surface area contributed by atoms with Crippen molar-refractivity contribution in [1.82, 2.24) is 0 Å². The summed E-state index contributed by atoms with van der Waals surface area (Å²) in [6.07, 6.45) is 9.20. The number of unbranched alkanes of at least 4 members (excludes halogenated alkanes) is 4. The van der Waals surface area contributed by atoms with E-state index in [0.717, 1.165) is 19.5 Å². The first-order chi connectivity index (χ1) is 11.4. The Morgan fingerprint density at radius 1 is 0.826 bits per heavy atom. The molecule has 0 saturated carbocycles. The average Bonchev–Trinajstić information content (AvgIpc) is 2.62. The van der Waals surface area contributed by atoms with E-state index in [-0.39, 0.29) is 0 Å². The van der Waals surface area contributed by atoms with Crippen LogP contribution in [0.1, 0.15) is 55.7 Å². The van der Waals surface area contributed by atoms with Crippen LogP contribution in [-0.2, 0) is 19.4 Å². The average molecular weight is 307 g/mol. The number of hydrogen-bond donors (Lipinski definition) is 0. The molecule has 0 spiro atoms. The predicted molar refractivity (Wildman–Crippen MR) is 100 cm³/mol. The highest BCUT2D eigenvalue weighted by molar-refractivity contribution is 5.50. The molecule has 0 N–H and O–H groups in total. The molecule has 1 nitrogen and oxygen atoms in total. The van der Waals surface area contributed by atoms with Crippen LogP contribution in [-0.4, -0.2) is 6.54 Å². The maximum absolute atomic E-state index is 2.51. The topological polar surface area (TPSA) is 3.24 Å². The largest absolute Gasteiger partial charge is 0.367 e. The normalized spacial score (nSPS) is 13.9. The van der Waals surface area contributed by atoms with E-state index in [9.17, 15) is 0 Å². The van der Waals surface area contributed by atoms with Gasteiger partial charge in [0.1, 0.15) is 0 Å². The van der Waals surface area contributed by atoms with Crippen LogP contribution in [0.25, 0.3) is 0 Å². The first-order valence-electron chi connectivity index (χ1n) is 9.27. The third-order valence-electron chi connectivity index (χ3n) is 5.00. The lowest BCUT2D eigenvalue weighted by Crippen LogP contribution is -2.30. The lowest BCUT2D eigenvalue weighted by Gasteiger charge is -2.30. The monoisotopic (exact) mass is 307 g/mol. The molecule has 0 aromatic heterocycles. The molecule has 122 valence electrons. The molecule has 1 heteroatoms. The van der Waals surface area contributed by atoms with Gasteiger partial charge < -0.3 is 4.90 Å². The second-order valence-corrected chi connectivity index (χ2v) is 6.77. The van der Waals surface area contributed by atoms with Crippen LogP contribution < -0.4 is 4.90 Å². The summed E-state index contributed by atoms with van der Waals surface area (Å²) >= 11 is 0. The van der Waals surface area contributed by atoms with Gasteiger partial charge in [0.15, 0.2) is 0 Å². The van der Waals surface area contributed by atoms with Gasteiger partial charge in [-0.25, -0.2) is 0 Å². The Labute approximate surface area is 141 Å². The van der Waals surface area contributed by atoms with Gasteiger partial charge in [-0.3, -0.25) is 0 Å². The van der Waals surface area contributed by atoms with Crippen molar-refractivity contribution in [3.63, 3.8) is 0 Å². The third kappa shape index (κ3) is 4.37. The molecule has 2 aromatic rings. The Bertz CT molecular complexity index is 600. The fourth-order valence-electron chi connectivity index (χ4n) is 3.52. The summed E-state index contributed by atoms with van der Waals surface area (Å²) < 4.78 is 0. The van der Waals surface area contributed by atoms with E-state index in [1.165, 1.54) is 60.9 Å². The zero-order valence-electron chi connectivity index (χ0n) is 14.4. The van der Waals surface area contributed by atoms with Gasteiger partial charge in [-0.2, -0.15) is 0 Å². The Hall–Kier alpha value is -1.76. The second kappa shape index (κ2) is 8.19. The number of hydrogen-bond acceptors (Lipinski definition) is 1. The fraction of sp³-hybridized carbons (Fsp3) is 0.455. The quantitative estimate of drug-likeness (QED) is 0.588. The van der Waals surface area contributed by atoms with Gasteiger partial charge in [0.05, 0.1) is 0 Å². The van der Waals surface area contributed by atoms with Crippen molar-refractivity contribution in [1.29, 1.82) is 0 Å². The summed E-state index contributed by atoms with van der Waals surface area (Å²) in [5.41, 5.74) is 5.86. The molecule has 0 amide bonds. The third-order valence-corrected chi connectivity index (χ3v) is 5.00. The van der Waals surface area contributed by atoms with Crippen LogP contribution in [0.15, 0.2) is 48.5 Å². The maximum atomic E-state index is 2.51. The Balaban J connectivity index is 1.54. The fourth-order valence-corrected chi connectivity index (χ4v) is 3.52. The molecular weight excluding hydrogens is 278 g/mol. The molecule has 0 saturated heterocycles. The van der Waals surface area contributed by atoms with Crippen molar-refractivity contribution in [2.45, 2.75) is 58.4 Å². The molecule has 0 unspecified atom stereocenters. The highest BCUT2D eigenvalue weighted by Crippen LogP contribution is 2.25. The number of fused-ring (bicyclic) bond motifs is 1. The molecule has 1 heterocycles. The number of aryl methyl sites for hydroxylation is 1. The van der Waals surface area contributed by atoms with Crippen LogP contribution in [0, 0.1) is 0 Å². The van der Waals surface area contributed by atoms with E-state index in [2.05, 4.69) is 60.4 Å². The van der Waals surface area contributed by atoms with Crippen molar-refractivity contribution < 1.29 is 0 Å². The molecule has 1 aliphatic heterocycles. The minimum absolute atomic E-state index is 1.05. The van der Waals surface area contributed by atoms with E-state index >= 15 is 0 Å². The van der Waals surface area contributed by atoms with Crippen LogP contribution in [0.5, 0.6) is 0 Å². The summed E-state index contributed by atoms with van der Waals surface area (Å²) in [6.45, 7) is 4.46. The van der Waals surface area contributed by atoms with E-state index in [0.29, 0.717) is 0 Å². The first kappa shape index (κ1) is 16.1. The molecule has 0 radical (unpaired) electrons. The number of anilines is 1. The molecule has 0 aliphatic carbocycles. The van der Waals surface area contributed by atoms with Crippen molar-refractivity contribution in [3.05, 3.63) is 65.2 Å². The highest BCUT2D eigenvalue weighted by atomic mass is 15.1. The van der Waals surface area contributed by atoms with Gasteiger partial charge in [0, 0.05) is 18.8 Å².